The van der Waals surface area contributed by atoms with Crippen LogP contribution < -0.4 is 10.7 Å². The average molecular weight is 341 g/mol. The number of amides is 1. The molecule has 0 atom stereocenters. The van der Waals surface area contributed by atoms with Crippen molar-refractivity contribution in [1.82, 2.24) is 10.4 Å². The van der Waals surface area contributed by atoms with Gasteiger partial charge in [0.1, 0.15) is 0 Å². The van der Waals surface area contributed by atoms with Crippen LogP contribution >= 0.6 is 11.6 Å². The van der Waals surface area contributed by atoms with E-state index >= 15 is 0 Å². The molecule has 3 aromatic rings. The van der Waals surface area contributed by atoms with Crippen molar-refractivity contribution in [3.05, 3.63) is 64.8 Å². The summed E-state index contributed by atoms with van der Waals surface area (Å²) in [6, 6.07) is 13.4. The number of aryl methyl sites for hydroxylation is 1. The maximum Gasteiger partial charge on any atom is 0.259 e. The second-order valence-corrected chi connectivity index (χ2v) is 5.83. The molecule has 0 saturated heterocycles. The summed E-state index contributed by atoms with van der Waals surface area (Å²) in [4.78, 5) is 15.0. The van der Waals surface area contributed by atoms with Crippen LogP contribution in [0.2, 0.25) is 5.02 Å². The third-order valence-corrected chi connectivity index (χ3v) is 3.88. The first kappa shape index (κ1) is 16.1. The van der Waals surface area contributed by atoms with E-state index in [2.05, 4.69) is 20.8 Å². The number of nitrogens with zero attached hydrogens (tertiary/aromatic N) is 1. The molecule has 0 spiro atoms. The monoisotopic (exact) mass is 340 g/mol. The number of para-hydroxylation sites is 1. The number of nitrogens with one attached hydrogen (secondary N) is 3. The summed E-state index contributed by atoms with van der Waals surface area (Å²) >= 11 is 5.91. The molecular formula is C18H17ClN4O. The number of carbonyl (C=O) groups is 1. The SMILES string of the molecule is Cc1cc(Cl)ccc1NCC(=O)NN=Cc1c[nH]c2ccccc12. The van der Waals surface area contributed by atoms with Gasteiger partial charge in [-0.3, -0.25) is 4.79 Å². The Balaban J connectivity index is 1.55. The van der Waals surface area contributed by atoms with Gasteiger partial charge in [-0.05, 0) is 36.8 Å². The first-order valence-corrected chi connectivity index (χ1v) is 7.89. The molecule has 0 saturated carbocycles. The van der Waals surface area contributed by atoms with Crippen LogP contribution in [0.15, 0.2) is 53.8 Å². The van der Waals surface area contributed by atoms with E-state index in [-0.39, 0.29) is 12.5 Å². The van der Waals surface area contributed by atoms with E-state index in [4.69, 9.17) is 11.6 Å². The number of carbonyl (C=O) groups excluding carboxylic acids is 1. The van der Waals surface area contributed by atoms with Gasteiger partial charge >= 0.3 is 0 Å². The fraction of sp³-hybridized carbons (Fsp3) is 0.111. The Morgan fingerprint density at radius 3 is 2.96 bits per heavy atom. The second kappa shape index (κ2) is 7.19. The van der Waals surface area contributed by atoms with Gasteiger partial charge in [0.2, 0.25) is 0 Å². The largest absolute Gasteiger partial charge is 0.376 e. The van der Waals surface area contributed by atoms with Gasteiger partial charge in [0, 0.05) is 33.4 Å². The van der Waals surface area contributed by atoms with Crippen LogP contribution in [0.1, 0.15) is 11.1 Å². The number of benzene rings is 2. The van der Waals surface area contributed by atoms with E-state index in [1.54, 1.807) is 12.3 Å². The molecule has 1 amide bonds. The van der Waals surface area contributed by atoms with Gasteiger partial charge < -0.3 is 10.3 Å². The van der Waals surface area contributed by atoms with Crippen LogP contribution in [0, 0.1) is 6.92 Å². The minimum absolute atomic E-state index is 0.133. The number of aromatic amines is 1. The summed E-state index contributed by atoms with van der Waals surface area (Å²) in [7, 11) is 0. The lowest BCUT2D eigenvalue weighted by Crippen LogP contribution is -2.26. The standard InChI is InChI=1S/C18H17ClN4O/c1-12-8-14(19)6-7-16(12)21-11-18(24)23-22-10-13-9-20-17-5-3-2-4-15(13)17/h2-10,20-21H,11H2,1H3,(H,23,24). The van der Waals surface area contributed by atoms with Crippen LogP contribution in [-0.4, -0.2) is 23.7 Å². The van der Waals surface area contributed by atoms with Crippen LogP contribution in [0.3, 0.4) is 0 Å². The lowest BCUT2D eigenvalue weighted by atomic mass is 10.2. The molecule has 2 aromatic carbocycles. The maximum absolute atomic E-state index is 11.9. The van der Waals surface area contributed by atoms with Crippen molar-refractivity contribution in [2.24, 2.45) is 5.10 Å². The molecule has 6 heteroatoms. The summed E-state index contributed by atoms with van der Waals surface area (Å²) in [6.45, 7) is 2.06. The van der Waals surface area contributed by atoms with Crippen molar-refractivity contribution < 1.29 is 4.79 Å². The number of rotatable bonds is 5. The first-order chi connectivity index (χ1) is 11.6. The summed E-state index contributed by atoms with van der Waals surface area (Å²) < 4.78 is 0. The molecule has 0 aliphatic rings. The Morgan fingerprint density at radius 1 is 1.29 bits per heavy atom. The summed E-state index contributed by atoms with van der Waals surface area (Å²) in [5.74, 6) is -0.222. The van der Waals surface area contributed by atoms with Crippen LogP contribution in [0.25, 0.3) is 10.9 Å². The predicted octanol–water partition coefficient (Wildman–Crippen LogP) is 3.69. The van der Waals surface area contributed by atoms with Gasteiger partial charge in [-0.1, -0.05) is 29.8 Å². The van der Waals surface area contributed by atoms with Gasteiger partial charge in [0.05, 0.1) is 12.8 Å². The molecule has 24 heavy (non-hydrogen) atoms. The number of hydrogen-bond donors (Lipinski definition) is 3. The number of halogens is 1. The molecule has 5 nitrogen and oxygen atoms in total. The van der Waals surface area contributed by atoms with Crippen LogP contribution in [-0.2, 0) is 4.79 Å². The van der Waals surface area contributed by atoms with E-state index in [0.717, 1.165) is 27.7 Å². The summed E-state index contributed by atoms with van der Waals surface area (Å²) in [5, 5.41) is 8.80. The Labute approximate surface area is 144 Å². The molecule has 1 heterocycles. The molecule has 0 aliphatic carbocycles. The highest BCUT2D eigenvalue weighted by Crippen LogP contribution is 2.19. The number of hydrogen-bond acceptors (Lipinski definition) is 3. The van der Waals surface area contributed by atoms with Crippen molar-refractivity contribution in [2.75, 3.05) is 11.9 Å². The molecule has 0 radical (unpaired) electrons. The summed E-state index contributed by atoms with van der Waals surface area (Å²) in [6.07, 6.45) is 3.49. The van der Waals surface area contributed by atoms with Gasteiger partial charge in [-0.25, -0.2) is 5.43 Å². The molecule has 3 rings (SSSR count). The van der Waals surface area contributed by atoms with Crippen molar-refractivity contribution in [1.29, 1.82) is 0 Å². The lowest BCUT2D eigenvalue weighted by Gasteiger charge is -2.08. The van der Waals surface area contributed by atoms with Gasteiger partial charge in [-0.15, -0.1) is 0 Å². The van der Waals surface area contributed by atoms with Gasteiger partial charge in [0.25, 0.3) is 5.91 Å². The van der Waals surface area contributed by atoms with Gasteiger partial charge in [0.15, 0.2) is 0 Å². The molecule has 3 N–H and O–H groups in total. The second-order valence-electron chi connectivity index (χ2n) is 5.40. The zero-order valence-electron chi connectivity index (χ0n) is 13.1. The van der Waals surface area contributed by atoms with Crippen molar-refractivity contribution in [3.8, 4) is 0 Å². The third kappa shape index (κ3) is 3.75. The first-order valence-electron chi connectivity index (χ1n) is 7.51. The normalized spacial score (nSPS) is 11.1. The molecule has 1 aromatic heterocycles. The number of fused-ring (bicyclic) bond motifs is 1. The molecular weight excluding hydrogens is 324 g/mol. The Hall–Kier alpha value is -2.79. The fourth-order valence-electron chi connectivity index (χ4n) is 2.42. The Morgan fingerprint density at radius 2 is 2.12 bits per heavy atom. The quantitative estimate of drug-likeness (QED) is 0.489. The highest BCUT2D eigenvalue weighted by atomic mass is 35.5. The molecule has 0 bridgehead atoms. The maximum atomic E-state index is 11.9. The minimum Gasteiger partial charge on any atom is -0.376 e. The lowest BCUT2D eigenvalue weighted by molar-refractivity contribution is -0.119. The smallest absolute Gasteiger partial charge is 0.259 e. The van der Waals surface area contributed by atoms with E-state index in [0.29, 0.717) is 5.02 Å². The fourth-order valence-corrected chi connectivity index (χ4v) is 2.64. The number of anilines is 1. The Kier molecular flexibility index (Phi) is 4.82. The van der Waals surface area contributed by atoms with Gasteiger partial charge in [-0.2, -0.15) is 5.10 Å². The van der Waals surface area contributed by atoms with E-state index in [1.807, 2.05) is 49.5 Å². The highest BCUT2D eigenvalue weighted by Gasteiger charge is 2.03. The molecule has 122 valence electrons. The average Bonchev–Trinajstić information content (AvgIpc) is 2.97. The third-order valence-electron chi connectivity index (χ3n) is 3.64. The number of hydrazone groups is 1. The topological polar surface area (TPSA) is 69.3 Å². The molecule has 0 aliphatic heterocycles. The summed E-state index contributed by atoms with van der Waals surface area (Å²) in [5.41, 5.74) is 6.33. The van der Waals surface area contributed by atoms with Crippen molar-refractivity contribution in [3.63, 3.8) is 0 Å². The van der Waals surface area contributed by atoms with E-state index in [1.165, 1.54) is 0 Å². The zero-order valence-corrected chi connectivity index (χ0v) is 13.9. The van der Waals surface area contributed by atoms with Crippen LogP contribution in [0.5, 0.6) is 0 Å². The molecule has 0 fully saturated rings. The van der Waals surface area contributed by atoms with E-state index < -0.39 is 0 Å². The molecule has 0 unspecified atom stereocenters. The predicted molar refractivity (Wildman–Crippen MR) is 98.7 cm³/mol. The highest BCUT2D eigenvalue weighted by molar-refractivity contribution is 6.30. The van der Waals surface area contributed by atoms with Crippen molar-refractivity contribution in [2.45, 2.75) is 6.92 Å². The van der Waals surface area contributed by atoms with Crippen LogP contribution in [0.4, 0.5) is 5.69 Å². The van der Waals surface area contributed by atoms with Crippen molar-refractivity contribution >= 4 is 40.3 Å². The number of H-pyrrole nitrogens is 1. The number of aromatic nitrogens is 1. The minimum atomic E-state index is -0.222. The Bertz CT molecular complexity index is 901. The van der Waals surface area contributed by atoms with E-state index in [9.17, 15) is 4.79 Å². The zero-order chi connectivity index (χ0) is 16.9.